The van der Waals surface area contributed by atoms with Crippen molar-refractivity contribution in [1.29, 1.82) is 0 Å². The largest absolute Gasteiger partial charge is 0.339 e. The second-order valence-electron chi connectivity index (χ2n) is 5.14. The first kappa shape index (κ1) is 14.6. The minimum Gasteiger partial charge on any atom is -0.339 e. The lowest BCUT2D eigenvalue weighted by Gasteiger charge is -2.32. The predicted molar refractivity (Wildman–Crippen MR) is 83.9 cm³/mol. The molecule has 0 bridgehead atoms. The number of nitrogens with zero attached hydrogens (tertiary/aromatic N) is 3. The van der Waals surface area contributed by atoms with E-state index >= 15 is 0 Å². The highest BCUT2D eigenvalue weighted by Gasteiger charge is 2.31. The molecule has 0 spiro atoms. The lowest BCUT2D eigenvalue weighted by atomic mass is 10.0. The first-order valence-electron chi connectivity index (χ1n) is 7.09. The van der Waals surface area contributed by atoms with Crippen molar-refractivity contribution >= 4 is 28.8 Å². The monoisotopic (exact) mass is 316 g/mol. The van der Waals surface area contributed by atoms with Gasteiger partial charge in [0.25, 0.3) is 5.91 Å². The van der Waals surface area contributed by atoms with Crippen LogP contribution in [-0.2, 0) is 4.79 Å². The molecule has 1 aliphatic rings. The number of carbonyl (C=O) groups excluding carboxylic acids is 2. The molecule has 7 heteroatoms. The fraction of sp³-hybridized carbons (Fsp3) is 0.333. The van der Waals surface area contributed by atoms with E-state index in [-0.39, 0.29) is 11.8 Å². The van der Waals surface area contributed by atoms with Crippen LogP contribution >= 0.6 is 11.3 Å². The molecule has 114 valence electrons. The van der Waals surface area contributed by atoms with Gasteiger partial charge < -0.3 is 10.2 Å². The number of aryl methyl sites for hydroxylation is 1. The molecule has 1 aliphatic heterocycles. The maximum absolute atomic E-state index is 12.6. The normalized spacial score (nSPS) is 18.3. The van der Waals surface area contributed by atoms with Gasteiger partial charge in [0, 0.05) is 12.7 Å². The van der Waals surface area contributed by atoms with E-state index < -0.39 is 6.04 Å². The minimum absolute atomic E-state index is 0.0882. The Morgan fingerprint density at radius 2 is 2.36 bits per heavy atom. The Kier molecular flexibility index (Phi) is 4.15. The smallest absolute Gasteiger partial charge is 0.263 e. The minimum atomic E-state index is -0.497. The molecule has 3 heterocycles. The Hall–Kier alpha value is -2.28. The van der Waals surface area contributed by atoms with Crippen molar-refractivity contribution < 1.29 is 9.59 Å². The van der Waals surface area contributed by atoms with Crippen LogP contribution < -0.4 is 10.2 Å². The third-order valence-electron chi connectivity index (χ3n) is 3.65. The topological polar surface area (TPSA) is 75.2 Å². The number of thiazole rings is 1. The van der Waals surface area contributed by atoms with Gasteiger partial charge in [-0.05, 0) is 31.9 Å². The van der Waals surface area contributed by atoms with Crippen LogP contribution in [0.25, 0.3) is 0 Å². The molecule has 0 radical (unpaired) electrons. The molecule has 1 saturated heterocycles. The SMILES string of the molecule is Cc1ncsc1C(=O)N[C@H]1CCCN(c2cccnc2)C1=O. The molecule has 0 aliphatic carbocycles. The molecule has 1 atom stereocenters. The van der Waals surface area contributed by atoms with Crippen LogP contribution in [0.4, 0.5) is 5.69 Å². The molecular formula is C15H16N4O2S. The zero-order chi connectivity index (χ0) is 15.5. The van der Waals surface area contributed by atoms with Crippen molar-refractivity contribution in [2.45, 2.75) is 25.8 Å². The highest BCUT2D eigenvalue weighted by molar-refractivity contribution is 7.11. The number of hydrogen-bond donors (Lipinski definition) is 1. The van der Waals surface area contributed by atoms with E-state index in [0.717, 1.165) is 12.1 Å². The number of nitrogens with one attached hydrogen (secondary N) is 1. The summed E-state index contributed by atoms with van der Waals surface area (Å²) >= 11 is 1.29. The standard InChI is InChI=1S/C15H16N4O2S/c1-10-13(22-9-17-10)14(20)18-12-5-3-7-19(15(12)21)11-4-2-6-16-8-11/h2,4,6,8-9,12H,3,5,7H2,1H3,(H,18,20)/t12-/m0/s1. The van der Waals surface area contributed by atoms with Gasteiger partial charge in [-0.2, -0.15) is 0 Å². The summed E-state index contributed by atoms with van der Waals surface area (Å²) in [6.45, 7) is 2.44. The van der Waals surface area contributed by atoms with E-state index in [0.29, 0.717) is 23.5 Å². The van der Waals surface area contributed by atoms with Gasteiger partial charge in [-0.1, -0.05) is 0 Å². The molecule has 2 amide bonds. The van der Waals surface area contributed by atoms with Crippen LogP contribution in [0.1, 0.15) is 28.2 Å². The molecule has 0 aromatic carbocycles. The van der Waals surface area contributed by atoms with E-state index in [2.05, 4.69) is 15.3 Å². The second kappa shape index (κ2) is 6.23. The first-order valence-corrected chi connectivity index (χ1v) is 7.97. The van der Waals surface area contributed by atoms with Gasteiger partial charge >= 0.3 is 0 Å². The molecular weight excluding hydrogens is 300 g/mol. The number of pyridine rings is 1. The predicted octanol–water partition coefficient (Wildman–Crippen LogP) is 1.77. The van der Waals surface area contributed by atoms with Gasteiger partial charge in [0.1, 0.15) is 10.9 Å². The van der Waals surface area contributed by atoms with Crippen LogP contribution in [0.3, 0.4) is 0 Å². The summed E-state index contributed by atoms with van der Waals surface area (Å²) in [4.78, 5) is 35.2. The average Bonchev–Trinajstić information content (AvgIpc) is 2.96. The van der Waals surface area contributed by atoms with Crippen LogP contribution in [-0.4, -0.2) is 34.4 Å². The summed E-state index contributed by atoms with van der Waals surface area (Å²) in [5.41, 5.74) is 3.09. The first-order chi connectivity index (χ1) is 10.7. The number of hydrogen-bond acceptors (Lipinski definition) is 5. The molecule has 3 rings (SSSR count). The third-order valence-corrected chi connectivity index (χ3v) is 4.58. The quantitative estimate of drug-likeness (QED) is 0.936. The van der Waals surface area contributed by atoms with Gasteiger partial charge in [0.15, 0.2) is 0 Å². The highest BCUT2D eigenvalue weighted by Crippen LogP contribution is 2.21. The van der Waals surface area contributed by atoms with Crippen molar-refractivity contribution in [3.63, 3.8) is 0 Å². The van der Waals surface area contributed by atoms with Crippen molar-refractivity contribution in [2.75, 3.05) is 11.4 Å². The van der Waals surface area contributed by atoms with E-state index in [1.165, 1.54) is 11.3 Å². The summed E-state index contributed by atoms with van der Waals surface area (Å²) in [6, 6.07) is 3.15. The van der Waals surface area contributed by atoms with Crippen molar-refractivity contribution in [3.05, 3.63) is 40.6 Å². The fourth-order valence-corrected chi connectivity index (χ4v) is 3.23. The molecule has 0 saturated carbocycles. The lowest BCUT2D eigenvalue weighted by Crippen LogP contribution is -2.52. The number of amides is 2. The second-order valence-corrected chi connectivity index (χ2v) is 5.99. The Morgan fingerprint density at radius 3 is 3.05 bits per heavy atom. The van der Waals surface area contributed by atoms with Crippen molar-refractivity contribution in [1.82, 2.24) is 15.3 Å². The number of rotatable bonds is 3. The van der Waals surface area contributed by atoms with Gasteiger partial charge in [0.05, 0.1) is 23.1 Å². The van der Waals surface area contributed by atoms with E-state index in [9.17, 15) is 9.59 Å². The highest BCUT2D eigenvalue weighted by atomic mass is 32.1. The van der Waals surface area contributed by atoms with Crippen LogP contribution in [0.15, 0.2) is 30.0 Å². The van der Waals surface area contributed by atoms with E-state index in [1.807, 2.05) is 6.07 Å². The zero-order valence-electron chi connectivity index (χ0n) is 12.2. The van der Waals surface area contributed by atoms with Gasteiger partial charge in [-0.3, -0.25) is 14.6 Å². The molecule has 2 aromatic rings. The average molecular weight is 316 g/mol. The lowest BCUT2D eigenvalue weighted by molar-refractivity contribution is -0.121. The summed E-state index contributed by atoms with van der Waals surface area (Å²) in [6.07, 6.45) is 4.83. The van der Waals surface area contributed by atoms with E-state index in [4.69, 9.17) is 0 Å². The Morgan fingerprint density at radius 1 is 1.50 bits per heavy atom. The van der Waals surface area contributed by atoms with Crippen molar-refractivity contribution in [3.8, 4) is 0 Å². The third kappa shape index (κ3) is 2.85. The fourth-order valence-electron chi connectivity index (χ4n) is 2.52. The number of anilines is 1. The van der Waals surface area contributed by atoms with Gasteiger partial charge in [-0.15, -0.1) is 11.3 Å². The van der Waals surface area contributed by atoms with Gasteiger partial charge in [0.2, 0.25) is 5.91 Å². The van der Waals surface area contributed by atoms with Crippen LogP contribution in [0, 0.1) is 6.92 Å². The Balaban J connectivity index is 1.73. The van der Waals surface area contributed by atoms with Crippen LogP contribution in [0.5, 0.6) is 0 Å². The summed E-state index contributed by atoms with van der Waals surface area (Å²) in [7, 11) is 0. The summed E-state index contributed by atoms with van der Waals surface area (Å²) in [5.74, 6) is -0.318. The molecule has 6 nitrogen and oxygen atoms in total. The maximum Gasteiger partial charge on any atom is 0.263 e. The maximum atomic E-state index is 12.6. The van der Waals surface area contributed by atoms with E-state index in [1.54, 1.807) is 35.8 Å². The summed E-state index contributed by atoms with van der Waals surface area (Å²) in [5, 5.41) is 2.83. The molecule has 22 heavy (non-hydrogen) atoms. The number of piperidine rings is 1. The molecule has 0 unspecified atom stereocenters. The number of carbonyl (C=O) groups is 2. The summed E-state index contributed by atoms with van der Waals surface area (Å²) < 4.78 is 0. The molecule has 1 fully saturated rings. The Bertz CT molecular complexity index is 686. The zero-order valence-corrected chi connectivity index (χ0v) is 13.0. The Labute approximate surface area is 132 Å². The van der Waals surface area contributed by atoms with Gasteiger partial charge in [-0.25, -0.2) is 4.98 Å². The number of aromatic nitrogens is 2. The molecule has 2 aromatic heterocycles. The molecule has 1 N–H and O–H groups in total. The van der Waals surface area contributed by atoms with Crippen molar-refractivity contribution in [2.24, 2.45) is 0 Å². The van der Waals surface area contributed by atoms with Crippen LogP contribution in [0.2, 0.25) is 0 Å².